The van der Waals surface area contributed by atoms with Gasteiger partial charge < -0.3 is 9.63 Å². The highest BCUT2D eigenvalue weighted by Crippen LogP contribution is 2.45. The van der Waals surface area contributed by atoms with Gasteiger partial charge in [-0.1, -0.05) is 54.3 Å². The Kier molecular flexibility index (Phi) is 136. The average molecular weight is 3140 g/mol. The fraction of sp³-hybridized carbons (Fsp3) is 0.571. The second-order valence-corrected chi connectivity index (χ2v) is 146. The molecule has 0 bridgehead atoms. The van der Waals surface area contributed by atoms with Crippen LogP contribution < -0.4 is 0 Å². The molecule has 3 rings (SSSR count). The van der Waals surface area contributed by atoms with E-state index in [2.05, 4.69) is 124 Å². The maximum atomic E-state index is 11.5. The van der Waals surface area contributed by atoms with Crippen molar-refractivity contribution in [2.45, 2.75) is 33.5 Å². The van der Waals surface area contributed by atoms with Crippen molar-refractivity contribution in [1.82, 2.24) is 30.9 Å². The van der Waals surface area contributed by atoms with E-state index in [4.69, 9.17) is 54.4 Å². The number of aliphatic hydroxyl groups is 1. The van der Waals surface area contributed by atoms with Crippen LogP contribution in [0.1, 0.15) is 31.4 Å². The predicted molar refractivity (Wildman–Crippen MR) is 673 cm³/mol. The Morgan fingerprint density at radius 1 is 0.343 bits per heavy atom. The first-order valence-electron chi connectivity index (χ1n) is 19.8. The number of rotatable bonds is 6. The molecule has 91 heteroatoms. The van der Waals surface area contributed by atoms with E-state index in [9.17, 15) is 4.57 Å². The lowest BCUT2D eigenvalue weighted by Gasteiger charge is -2.09. The summed E-state index contributed by atoms with van der Waals surface area (Å²) in [7, 11) is 119. The van der Waals surface area contributed by atoms with Crippen LogP contribution in [0.4, 0.5) is 0 Å². The van der Waals surface area contributed by atoms with Gasteiger partial charge in [-0.25, -0.2) is 13.9 Å². The number of hydrogen-bond donors (Lipinski definition) is 1. The van der Waals surface area contributed by atoms with Crippen molar-refractivity contribution in [3.05, 3.63) is 35.7 Å². The Morgan fingerprint density at radius 2 is 0.495 bits per heavy atom. The number of nitrogens with zero attached hydrogens (tertiary/aromatic N) is 6. The zero-order chi connectivity index (χ0) is 76.5. The van der Waals surface area contributed by atoms with Crippen LogP contribution >= 0.6 is 87.0 Å². The quantitative estimate of drug-likeness (QED) is 0.237. The van der Waals surface area contributed by atoms with Crippen molar-refractivity contribution in [1.29, 1.82) is 0 Å². The van der Waals surface area contributed by atoms with Crippen LogP contribution in [0, 0.1) is 0 Å². The van der Waals surface area contributed by atoms with Crippen molar-refractivity contribution in [2.24, 2.45) is 0 Å². The Labute approximate surface area is 862 Å². The van der Waals surface area contributed by atoms with Gasteiger partial charge in [0.2, 0.25) is 7.37 Å². The van der Waals surface area contributed by atoms with E-state index in [0.717, 1.165) is 5.69 Å². The number of aliphatic hydroxyl groups excluding tert-OH is 1. The number of alkyl halides is 5. The van der Waals surface area contributed by atoms with Crippen molar-refractivity contribution < 1.29 is 28.1 Å². The molecule has 0 aliphatic heterocycles. The van der Waals surface area contributed by atoms with E-state index in [1.54, 1.807) is 233 Å². The second-order valence-electron chi connectivity index (χ2n) is 9.70. The zero-order valence-corrected chi connectivity index (χ0v) is 114. The number of aromatic nitrogens is 6. The molecule has 3 aromatic heterocycles. The smallest absolute Gasteiger partial charge is 0.206 e. The SMILES string of the molecule is BrC(Br)(Br)Br.BrCc1cnon1.C.CCOP(C)(=O)Cc1cnon1.OCc1cnon1.S=S=S=S=S=S=S=S=S=S=S=S=S=S=S=S=S=S=S=S=S=S=S=S=S=S=S=S=S=S=S=S=S=S=S=S.S=S=S=S=S=S=S=S=S=S=S=S=S=S=S=S=S=S=S=S=S=S=S=S=S=S=S=S=S=S=S=S=S=S=S=S=S. The Bertz CT molecular complexity index is 6380. The minimum absolute atomic E-state index is 0. The first-order chi connectivity index (χ1) is 50.8. The highest BCUT2D eigenvalue weighted by atomic mass is 80.0. The Balaban J connectivity index is -0.000000681. The van der Waals surface area contributed by atoms with E-state index in [0.29, 0.717) is 23.3 Å². The van der Waals surface area contributed by atoms with Gasteiger partial charge in [0, 0.05) is 664 Å². The van der Waals surface area contributed by atoms with Gasteiger partial charge in [-0.05, 0) is 70.6 Å². The number of halogens is 5. The fourth-order valence-electron chi connectivity index (χ4n) is 2.10. The standard InChI is InChI=1S/C6H11N2O3P.C3H3BrN2O.C3H4N2O2.CBr4.CH4.S37.S36/c1-3-10-12(2,9)5-6-4-7-11-8-6;4-1-3-2-5-7-6-3;6-2-3-1-4-7-5-3;2-1(3,4)5;;1-3-5-7-9-11-13-15-17-19-21-23-25-27-29-31-33-35-37-36-34-32-30-28-26-24-22-20-18-16-14-12-10-8-6-4-2;1-3-5-7-9-11-13-15-17-19-21-23-25-27-29-31-33-35-36-34-32-30-28-26-24-22-20-18-16-14-12-10-8-6-4-2/h4H,3,5H2,1-2H3;2H,1H2;1,6H,2H2;;1H4;;. The molecule has 0 radical (unpaired) electrons. The molecule has 622 valence electrons. The van der Waals surface area contributed by atoms with Crippen molar-refractivity contribution >= 4 is 745 Å². The van der Waals surface area contributed by atoms with E-state index >= 15 is 0 Å². The van der Waals surface area contributed by atoms with Gasteiger partial charge in [0.25, 0.3) is 0 Å². The first-order valence-corrected chi connectivity index (χ1v) is 121. The third-order valence-electron chi connectivity index (χ3n) is 4.23. The normalized spacial score (nSPS) is 8.95. The molecule has 0 fully saturated rings. The van der Waals surface area contributed by atoms with E-state index in [1.807, 2.05) is 364 Å². The highest BCUT2D eigenvalue weighted by molar-refractivity contribution is 9.52. The molecule has 0 saturated heterocycles. The lowest BCUT2D eigenvalue weighted by molar-refractivity contribution is 0.254. The lowest BCUT2D eigenvalue weighted by atomic mass is 10.5. The Hall–Kier alpha value is 16.0. The molecule has 0 aliphatic rings. The summed E-state index contributed by atoms with van der Waals surface area (Å²) in [5, 5.41) is 29.3. The van der Waals surface area contributed by atoms with E-state index < -0.39 is 7.37 Å². The molecular formula is C14H22Br5N6O6PS73. The predicted octanol–water partition coefficient (Wildman–Crippen LogP) is 5.68. The lowest BCUT2D eigenvalue weighted by Crippen LogP contribution is -1.92. The summed E-state index contributed by atoms with van der Waals surface area (Å²) < 4.78 is 29.1. The van der Waals surface area contributed by atoms with Crippen molar-refractivity contribution in [2.75, 3.05) is 13.3 Å². The summed E-state index contributed by atoms with van der Waals surface area (Å²) in [6.07, 6.45) is 4.65. The van der Waals surface area contributed by atoms with Crippen molar-refractivity contribution in [3.8, 4) is 0 Å². The van der Waals surface area contributed by atoms with Gasteiger partial charge in [0.15, 0.2) is 1.05 Å². The van der Waals surface area contributed by atoms with Crippen LogP contribution in [0.15, 0.2) is 32.5 Å². The molecule has 1 N–H and O–H groups in total. The van der Waals surface area contributed by atoms with E-state index in [1.165, 1.54) is 47.9 Å². The summed E-state index contributed by atoms with van der Waals surface area (Å²) in [5.74, 6) is 0. The minimum Gasteiger partial charge on any atom is -0.390 e. The maximum Gasteiger partial charge on any atom is 0.206 e. The van der Waals surface area contributed by atoms with Gasteiger partial charge in [-0.2, -0.15) is 0 Å². The average Bonchev–Trinajstić information content (AvgIpc) is 1.89. The highest BCUT2D eigenvalue weighted by Gasteiger charge is 2.17. The molecule has 0 saturated carbocycles. The first kappa shape index (κ1) is 127. The minimum atomic E-state index is -2.54. The molecule has 1 atom stereocenters. The third kappa shape index (κ3) is 122. The number of hydrogen-bond acceptors (Lipinski definition) is 16. The van der Waals surface area contributed by atoms with Gasteiger partial charge >= 0.3 is 0 Å². The molecule has 0 amide bonds. The monoisotopic (exact) mass is 3130 g/mol. The van der Waals surface area contributed by atoms with Gasteiger partial charge in [-0.3, -0.25) is 4.57 Å². The molecule has 105 heavy (non-hydrogen) atoms. The Morgan fingerprint density at radius 3 is 0.600 bits per heavy atom. The third-order valence-corrected chi connectivity index (χ3v) is 155. The summed E-state index contributed by atoms with van der Waals surface area (Å²) in [6.45, 7) is 3.71. The maximum absolute atomic E-state index is 11.5. The summed E-state index contributed by atoms with van der Waals surface area (Å²) in [5.41, 5.74) is 1.84. The van der Waals surface area contributed by atoms with Crippen LogP contribution in [0.3, 0.4) is 0 Å². The van der Waals surface area contributed by atoms with Crippen LogP contribution in [-0.2, 0) is 685 Å². The van der Waals surface area contributed by atoms with Crippen LogP contribution in [0.25, 0.3) is 0 Å². The summed E-state index contributed by atoms with van der Waals surface area (Å²) in [6, 6.07) is 0. The van der Waals surface area contributed by atoms with Gasteiger partial charge in [0.1, 0.15) is 17.1 Å². The molecule has 0 aromatic carbocycles. The zero-order valence-electron chi connectivity index (χ0n) is 45.9. The van der Waals surface area contributed by atoms with Crippen molar-refractivity contribution in [3.63, 3.8) is 0 Å². The summed E-state index contributed by atoms with van der Waals surface area (Å²) in [4.78, 5) is 0. The van der Waals surface area contributed by atoms with Gasteiger partial charge in [-0.15, -0.1) is 0 Å². The molecule has 12 nitrogen and oxygen atoms in total. The van der Waals surface area contributed by atoms with Crippen LogP contribution in [0.5, 0.6) is 0 Å². The second kappa shape index (κ2) is 112. The molecular weight excluding hydrogens is 3120 g/mol. The van der Waals surface area contributed by atoms with Gasteiger partial charge in [0.05, 0.1) is 43.3 Å². The topological polar surface area (TPSA) is 163 Å². The summed E-state index contributed by atoms with van der Waals surface area (Å²) >= 11 is 34.9. The molecule has 0 spiro atoms. The van der Waals surface area contributed by atoms with Crippen LogP contribution in [0.2, 0.25) is 0 Å². The van der Waals surface area contributed by atoms with Crippen LogP contribution in [-0.4, -0.2) is 50.4 Å². The molecule has 1 unspecified atom stereocenters. The fourth-order valence-corrected chi connectivity index (χ4v) is 182. The van der Waals surface area contributed by atoms with E-state index in [-0.39, 0.29) is 21.2 Å². The molecule has 0 aliphatic carbocycles. The molecule has 3 heterocycles. The molecule has 3 aromatic rings. The largest absolute Gasteiger partial charge is 0.390 e.